The molecule has 0 saturated heterocycles. The topological polar surface area (TPSA) is 156 Å². The molecule has 0 aromatic carbocycles. The van der Waals surface area contributed by atoms with E-state index in [2.05, 4.69) is 0 Å². The smallest absolute Gasteiger partial charge is 0.303 e. The summed E-state index contributed by atoms with van der Waals surface area (Å²) in [6, 6.07) is 0. The van der Waals surface area contributed by atoms with Crippen LogP contribution in [0.5, 0.6) is 0 Å². The molecule has 0 aromatic rings. The first-order chi connectivity index (χ1) is 4.00. The largest absolute Gasteiger partial charge is 0.466 e. The Morgan fingerprint density at radius 3 is 0.636 bits per heavy atom. The van der Waals surface area contributed by atoms with Crippen LogP contribution in [0, 0.1) is 0 Å². The fraction of sp³-hybridized carbons (Fsp3) is 0. The van der Waals surface area contributed by atoms with Gasteiger partial charge in [0.2, 0.25) is 0 Å². The molecule has 0 aliphatic heterocycles. The van der Waals surface area contributed by atoms with Crippen LogP contribution in [0.1, 0.15) is 0 Å². The van der Waals surface area contributed by atoms with Crippen LogP contribution >= 0.6 is 15.6 Å². The van der Waals surface area contributed by atoms with Crippen molar-refractivity contribution >= 4 is 64.5 Å². The molecule has 0 saturated carbocycles. The van der Waals surface area contributed by atoms with Gasteiger partial charge < -0.3 is 29.4 Å². The van der Waals surface area contributed by atoms with Crippen molar-refractivity contribution in [3.8, 4) is 0 Å². The summed E-state index contributed by atoms with van der Waals surface area (Å²) in [6.45, 7) is 0. The first kappa shape index (κ1) is 18.6. The Morgan fingerprint density at radius 1 is 0.636 bits per heavy atom. The van der Waals surface area contributed by atoms with Crippen LogP contribution in [0.2, 0.25) is 0 Å². The molecule has 0 aliphatic rings. The zero-order valence-electron chi connectivity index (χ0n) is 5.10. The zero-order valence-corrected chi connectivity index (χ0v) is 11.3. The van der Waals surface area contributed by atoms with Gasteiger partial charge in [-0.05, 0) is 0 Å². The van der Waals surface area contributed by atoms with E-state index in [0.29, 0.717) is 0 Å². The second kappa shape index (κ2) is 7.22. The Hall–Kier alpha value is 1.79. The SMILES string of the molecule is O=P(O)(O)O.O=P(O)(O)O.[Ba]. The molecule has 8 nitrogen and oxygen atoms in total. The van der Waals surface area contributed by atoms with E-state index in [1.54, 1.807) is 0 Å². The first-order valence-corrected chi connectivity index (χ1v) is 4.70. The molecule has 0 amide bonds. The predicted octanol–water partition coefficient (Wildman–Crippen LogP) is -2.24. The van der Waals surface area contributed by atoms with Crippen molar-refractivity contribution < 1.29 is 38.5 Å². The Morgan fingerprint density at radius 2 is 0.636 bits per heavy atom. The zero-order chi connectivity index (χ0) is 9.00. The third-order valence-corrected chi connectivity index (χ3v) is 0. The Kier molecular flexibility index (Phi) is 12.2. The van der Waals surface area contributed by atoms with Gasteiger partial charge in [0.25, 0.3) is 0 Å². The van der Waals surface area contributed by atoms with Crippen molar-refractivity contribution in [3.63, 3.8) is 0 Å². The van der Waals surface area contributed by atoms with Crippen molar-refractivity contribution in [1.29, 1.82) is 0 Å². The number of rotatable bonds is 0. The van der Waals surface area contributed by atoms with Crippen LogP contribution in [-0.2, 0) is 9.13 Å². The number of phosphoric acid groups is 2. The summed E-state index contributed by atoms with van der Waals surface area (Å²) in [7, 11) is -9.28. The van der Waals surface area contributed by atoms with Crippen molar-refractivity contribution in [2.24, 2.45) is 0 Å². The van der Waals surface area contributed by atoms with Gasteiger partial charge in [-0.15, -0.1) is 0 Å². The molecule has 0 fully saturated rings. The predicted molar refractivity (Wildman–Crippen MR) is 34.3 cm³/mol. The van der Waals surface area contributed by atoms with Crippen LogP contribution < -0.4 is 0 Å². The Labute approximate surface area is 102 Å². The van der Waals surface area contributed by atoms with Crippen LogP contribution in [0.4, 0.5) is 0 Å². The molecule has 2 radical (unpaired) electrons. The minimum absolute atomic E-state index is 0. The van der Waals surface area contributed by atoms with Gasteiger partial charge in [0.1, 0.15) is 0 Å². The summed E-state index contributed by atoms with van der Waals surface area (Å²) in [6.07, 6.45) is 0. The van der Waals surface area contributed by atoms with Gasteiger partial charge in [0.15, 0.2) is 0 Å². The van der Waals surface area contributed by atoms with E-state index in [1.807, 2.05) is 0 Å². The first-order valence-electron chi connectivity index (χ1n) is 1.57. The molecule has 0 atom stereocenters. The van der Waals surface area contributed by atoms with Gasteiger partial charge >= 0.3 is 15.6 Å². The number of hydrogen-bond donors (Lipinski definition) is 6. The minimum Gasteiger partial charge on any atom is -0.303 e. The van der Waals surface area contributed by atoms with Gasteiger partial charge in [-0.3, -0.25) is 0 Å². The van der Waals surface area contributed by atoms with E-state index in [9.17, 15) is 0 Å². The average molecular weight is 333 g/mol. The molecular formula is H6BaO8P2. The molecule has 0 aromatic heterocycles. The van der Waals surface area contributed by atoms with Gasteiger partial charge in [-0.25, -0.2) is 9.13 Å². The molecule has 0 aliphatic carbocycles. The molecule has 11 heavy (non-hydrogen) atoms. The van der Waals surface area contributed by atoms with Crippen LogP contribution in [0.15, 0.2) is 0 Å². The van der Waals surface area contributed by atoms with Gasteiger partial charge in [0, 0.05) is 48.9 Å². The molecule has 0 bridgehead atoms. The van der Waals surface area contributed by atoms with E-state index >= 15 is 0 Å². The normalized spacial score (nSPS) is 10.7. The summed E-state index contributed by atoms with van der Waals surface area (Å²) in [4.78, 5) is 43.1. The van der Waals surface area contributed by atoms with E-state index in [1.165, 1.54) is 0 Å². The summed E-state index contributed by atoms with van der Waals surface area (Å²) >= 11 is 0. The molecule has 66 valence electrons. The van der Waals surface area contributed by atoms with Crippen molar-refractivity contribution in [2.45, 2.75) is 0 Å². The molecule has 0 unspecified atom stereocenters. The third kappa shape index (κ3) is 352. The van der Waals surface area contributed by atoms with E-state index < -0.39 is 15.6 Å². The second-order valence-corrected chi connectivity index (χ2v) is 3.08. The van der Waals surface area contributed by atoms with Crippen LogP contribution in [0.3, 0.4) is 0 Å². The second-order valence-electron chi connectivity index (χ2n) is 1.03. The summed E-state index contributed by atoms with van der Waals surface area (Å²) in [5.74, 6) is 0. The molecule has 0 spiro atoms. The monoisotopic (exact) mass is 334 g/mol. The van der Waals surface area contributed by atoms with Gasteiger partial charge in [-0.2, -0.15) is 0 Å². The number of hydrogen-bond acceptors (Lipinski definition) is 2. The maximum Gasteiger partial charge on any atom is 0.466 e. The Balaban J connectivity index is -0.000000107. The van der Waals surface area contributed by atoms with Crippen LogP contribution in [0.25, 0.3) is 0 Å². The average Bonchev–Trinajstić information content (AvgIpc) is 1.12. The van der Waals surface area contributed by atoms with E-state index in [4.69, 9.17) is 38.5 Å². The summed E-state index contributed by atoms with van der Waals surface area (Å²) in [5, 5.41) is 0. The van der Waals surface area contributed by atoms with Crippen molar-refractivity contribution in [3.05, 3.63) is 0 Å². The maximum absolute atomic E-state index is 8.88. The summed E-state index contributed by atoms with van der Waals surface area (Å²) < 4.78 is 17.8. The van der Waals surface area contributed by atoms with E-state index in [0.717, 1.165) is 0 Å². The quantitative estimate of drug-likeness (QED) is 0.215. The Bertz CT molecular complexity index is 124. The van der Waals surface area contributed by atoms with Gasteiger partial charge in [0.05, 0.1) is 0 Å². The fourth-order valence-electron chi connectivity index (χ4n) is 0. The summed E-state index contributed by atoms with van der Waals surface area (Å²) in [5.41, 5.74) is 0. The van der Waals surface area contributed by atoms with Crippen LogP contribution in [-0.4, -0.2) is 78.2 Å². The van der Waals surface area contributed by atoms with Crippen molar-refractivity contribution in [2.75, 3.05) is 0 Å². The molecule has 0 rings (SSSR count). The standard InChI is InChI=1S/Ba.2H3O4P/c;2*1-5(2,3)4/h;2*(H3,1,2,3,4). The van der Waals surface area contributed by atoms with Crippen molar-refractivity contribution in [1.82, 2.24) is 0 Å². The minimum atomic E-state index is -4.64. The molecule has 11 heteroatoms. The third-order valence-electron chi connectivity index (χ3n) is 0. The van der Waals surface area contributed by atoms with Gasteiger partial charge in [-0.1, -0.05) is 0 Å². The fourth-order valence-corrected chi connectivity index (χ4v) is 0. The molecule has 6 N–H and O–H groups in total. The molecule has 0 heterocycles. The molecular weight excluding hydrogens is 327 g/mol. The van der Waals surface area contributed by atoms with E-state index in [-0.39, 0.29) is 48.9 Å². The maximum atomic E-state index is 8.88.